The molecule has 1 atom stereocenters. The molecule has 6 heteroatoms. The first-order chi connectivity index (χ1) is 7.97. The van der Waals surface area contributed by atoms with E-state index in [9.17, 15) is 13.2 Å². The summed E-state index contributed by atoms with van der Waals surface area (Å²) in [6.45, 7) is 9.35. The van der Waals surface area contributed by atoms with Crippen molar-refractivity contribution in [3.8, 4) is 0 Å². The van der Waals surface area contributed by atoms with Crippen molar-refractivity contribution in [3.63, 3.8) is 0 Å². The number of carbonyl (C=O) groups excluding carboxylic acids is 1. The van der Waals surface area contributed by atoms with Crippen molar-refractivity contribution in [3.05, 3.63) is 0 Å². The van der Waals surface area contributed by atoms with Crippen LogP contribution in [0, 0.1) is 11.3 Å². The van der Waals surface area contributed by atoms with Gasteiger partial charge in [0.25, 0.3) is 0 Å². The van der Waals surface area contributed by atoms with E-state index >= 15 is 0 Å². The van der Waals surface area contributed by atoms with Crippen molar-refractivity contribution in [2.75, 3.05) is 12.9 Å². The van der Waals surface area contributed by atoms with Crippen LogP contribution in [0.1, 0.15) is 41.0 Å². The van der Waals surface area contributed by atoms with E-state index in [-0.39, 0.29) is 17.1 Å². The SMILES string of the molecule is COC(=O)C(CC(C)C)NS(=O)(=O)CC(C)(C)C. The summed E-state index contributed by atoms with van der Waals surface area (Å²) in [5.41, 5.74) is -0.357. The second-order valence-electron chi connectivity index (χ2n) is 6.14. The largest absolute Gasteiger partial charge is 0.468 e. The van der Waals surface area contributed by atoms with E-state index < -0.39 is 22.0 Å². The molecule has 0 aromatic rings. The predicted molar refractivity (Wildman–Crippen MR) is 71.6 cm³/mol. The number of nitrogens with one attached hydrogen (secondary N) is 1. The van der Waals surface area contributed by atoms with Crippen LogP contribution in [-0.2, 0) is 19.6 Å². The van der Waals surface area contributed by atoms with Crippen LogP contribution in [-0.4, -0.2) is 33.3 Å². The summed E-state index contributed by atoms with van der Waals surface area (Å²) in [6.07, 6.45) is 0.427. The molecule has 18 heavy (non-hydrogen) atoms. The average molecular weight is 279 g/mol. The third-order valence-corrected chi connectivity index (χ3v) is 4.03. The maximum atomic E-state index is 11.9. The van der Waals surface area contributed by atoms with Crippen molar-refractivity contribution >= 4 is 16.0 Å². The van der Waals surface area contributed by atoms with Gasteiger partial charge in [-0.1, -0.05) is 34.6 Å². The van der Waals surface area contributed by atoms with E-state index in [1.54, 1.807) is 0 Å². The highest BCUT2D eigenvalue weighted by atomic mass is 32.2. The molecule has 0 aromatic heterocycles. The zero-order valence-corrected chi connectivity index (χ0v) is 12.9. The molecule has 0 fully saturated rings. The van der Waals surface area contributed by atoms with Crippen LogP contribution in [0.5, 0.6) is 0 Å². The van der Waals surface area contributed by atoms with Gasteiger partial charge in [-0.15, -0.1) is 0 Å². The Balaban J connectivity index is 4.82. The number of ether oxygens (including phenoxy) is 1. The van der Waals surface area contributed by atoms with Gasteiger partial charge in [0, 0.05) is 0 Å². The Morgan fingerprint density at radius 1 is 1.28 bits per heavy atom. The van der Waals surface area contributed by atoms with Crippen molar-refractivity contribution in [1.82, 2.24) is 4.72 Å². The number of sulfonamides is 1. The molecule has 0 aliphatic rings. The standard InChI is InChI=1S/C12H25NO4S/c1-9(2)7-10(11(14)17-6)13-18(15,16)8-12(3,4)5/h9-10,13H,7-8H2,1-6H3. The Hall–Kier alpha value is -0.620. The Kier molecular flexibility index (Phi) is 6.29. The third kappa shape index (κ3) is 7.66. The molecule has 0 bridgehead atoms. The Labute approximate surface area is 110 Å². The monoisotopic (exact) mass is 279 g/mol. The van der Waals surface area contributed by atoms with E-state index in [0.29, 0.717) is 6.42 Å². The lowest BCUT2D eigenvalue weighted by Crippen LogP contribution is -2.44. The van der Waals surface area contributed by atoms with Crippen molar-refractivity contribution < 1.29 is 17.9 Å². The first-order valence-electron chi connectivity index (χ1n) is 6.04. The van der Waals surface area contributed by atoms with E-state index in [2.05, 4.69) is 9.46 Å². The Morgan fingerprint density at radius 3 is 2.11 bits per heavy atom. The number of carbonyl (C=O) groups is 1. The normalized spacial score (nSPS) is 14.6. The summed E-state index contributed by atoms with van der Waals surface area (Å²) < 4.78 is 30.9. The van der Waals surface area contributed by atoms with Gasteiger partial charge < -0.3 is 4.74 Å². The van der Waals surface area contributed by atoms with Crippen LogP contribution in [0.4, 0.5) is 0 Å². The van der Waals surface area contributed by atoms with Crippen LogP contribution in [0.15, 0.2) is 0 Å². The molecule has 0 radical (unpaired) electrons. The fourth-order valence-electron chi connectivity index (χ4n) is 1.63. The quantitative estimate of drug-likeness (QED) is 0.749. The highest BCUT2D eigenvalue weighted by Crippen LogP contribution is 2.16. The Bertz CT molecular complexity index is 368. The van der Waals surface area contributed by atoms with E-state index in [0.717, 1.165) is 0 Å². The number of rotatable bonds is 6. The van der Waals surface area contributed by atoms with E-state index in [4.69, 9.17) is 0 Å². The zero-order valence-electron chi connectivity index (χ0n) is 12.1. The molecule has 5 nitrogen and oxygen atoms in total. The lowest BCUT2D eigenvalue weighted by atomic mass is 10.0. The maximum Gasteiger partial charge on any atom is 0.323 e. The molecule has 0 aromatic carbocycles. The molecule has 0 rings (SSSR count). The van der Waals surface area contributed by atoms with Crippen LogP contribution < -0.4 is 4.72 Å². The molecule has 108 valence electrons. The van der Waals surface area contributed by atoms with Crippen LogP contribution >= 0.6 is 0 Å². The molecule has 0 saturated carbocycles. The topological polar surface area (TPSA) is 72.5 Å². The predicted octanol–water partition coefficient (Wildman–Crippen LogP) is 1.54. The lowest BCUT2D eigenvalue weighted by Gasteiger charge is -2.22. The molecule has 0 spiro atoms. The molecular weight excluding hydrogens is 254 g/mol. The molecule has 0 saturated heterocycles. The molecule has 0 heterocycles. The number of methoxy groups -OCH3 is 1. The molecule has 1 unspecified atom stereocenters. The average Bonchev–Trinajstić information content (AvgIpc) is 2.10. The van der Waals surface area contributed by atoms with Crippen LogP contribution in [0.3, 0.4) is 0 Å². The molecule has 0 aliphatic heterocycles. The van der Waals surface area contributed by atoms with E-state index in [1.165, 1.54) is 7.11 Å². The zero-order chi connectivity index (χ0) is 14.6. The summed E-state index contributed by atoms with van der Waals surface area (Å²) >= 11 is 0. The third-order valence-electron chi connectivity index (χ3n) is 2.14. The van der Waals surface area contributed by atoms with Gasteiger partial charge in [-0.2, -0.15) is 0 Å². The minimum Gasteiger partial charge on any atom is -0.468 e. The van der Waals surface area contributed by atoms with Crippen LogP contribution in [0.2, 0.25) is 0 Å². The van der Waals surface area contributed by atoms with Gasteiger partial charge in [-0.3, -0.25) is 4.79 Å². The molecule has 1 N–H and O–H groups in total. The fourth-order valence-corrected chi connectivity index (χ4v) is 3.48. The van der Waals surface area contributed by atoms with Crippen molar-refractivity contribution in [2.45, 2.75) is 47.1 Å². The first kappa shape index (κ1) is 17.4. The molecule has 0 aliphatic carbocycles. The minimum absolute atomic E-state index is 0.0222. The second-order valence-corrected chi connectivity index (χ2v) is 7.90. The van der Waals surface area contributed by atoms with Gasteiger partial charge in [-0.25, -0.2) is 13.1 Å². The molecule has 0 amide bonds. The van der Waals surface area contributed by atoms with Gasteiger partial charge in [0.2, 0.25) is 10.0 Å². The van der Waals surface area contributed by atoms with Gasteiger partial charge in [0.1, 0.15) is 6.04 Å². The smallest absolute Gasteiger partial charge is 0.323 e. The van der Waals surface area contributed by atoms with Crippen molar-refractivity contribution in [2.24, 2.45) is 11.3 Å². The summed E-state index contributed by atoms with van der Waals surface area (Å²) in [4.78, 5) is 11.5. The second kappa shape index (κ2) is 6.52. The first-order valence-corrected chi connectivity index (χ1v) is 7.70. The summed E-state index contributed by atoms with van der Waals surface area (Å²) in [5, 5.41) is 0. The fraction of sp³-hybridized carbons (Fsp3) is 0.917. The van der Waals surface area contributed by atoms with Gasteiger partial charge in [0.05, 0.1) is 12.9 Å². The van der Waals surface area contributed by atoms with Gasteiger partial charge in [-0.05, 0) is 17.8 Å². The van der Waals surface area contributed by atoms with Gasteiger partial charge in [0.15, 0.2) is 0 Å². The minimum atomic E-state index is -3.49. The lowest BCUT2D eigenvalue weighted by molar-refractivity contribution is -0.143. The number of hydrogen-bond donors (Lipinski definition) is 1. The van der Waals surface area contributed by atoms with E-state index in [1.807, 2.05) is 34.6 Å². The highest BCUT2D eigenvalue weighted by Gasteiger charge is 2.29. The summed E-state index contributed by atoms with van der Waals surface area (Å²) in [7, 11) is -2.23. The van der Waals surface area contributed by atoms with Crippen molar-refractivity contribution in [1.29, 1.82) is 0 Å². The van der Waals surface area contributed by atoms with Crippen LogP contribution in [0.25, 0.3) is 0 Å². The number of esters is 1. The van der Waals surface area contributed by atoms with Gasteiger partial charge >= 0.3 is 5.97 Å². The summed E-state index contributed by atoms with van der Waals surface area (Å²) in [5.74, 6) is -0.362. The molecular formula is C12H25NO4S. The number of hydrogen-bond acceptors (Lipinski definition) is 4. The Morgan fingerprint density at radius 2 is 1.78 bits per heavy atom. The highest BCUT2D eigenvalue weighted by molar-refractivity contribution is 7.89. The summed E-state index contributed by atoms with van der Waals surface area (Å²) in [6, 6.07) is -0.803. The maximum absolute atomic E-state index is 11.9.